The van der Waals surface area contributed by atoms with E-state index in [9.17, 15) is 4.79 Å². The predicted molar refractivity (Wildman–Crippen MR) is 91.2 cm³/mol. The van der Waals surface area contributed by atoms with Gasteiger partial charge in [0.1, 0.15) is 6.04 Å². The number of nitrogens with one attached hydrogen (secondary N) is 1. The second-order valence-corrected chi connectivity index (χ2v) is 5.87. The van der Waals surface area contributed by atoms with E-state index in [4.69, 9.17) is 4.42 Å². The van der Waals surface area contributed by atoms with Crippen LogP contribution in [-0.2, 0) is 0 Å². The Morgan fingerprint density at radius 1 is 0.958 bits per heavy atom. The predicted octanol–water partition coefficient (Wildman–Crippen LogP) is 3.86. The van der Waals surface area contributed by atoms with Crippen molar-refractivity contribution in [2.45, 2.75) is 19.9 Å². The Morgan fingerprint density at radius 3 is 2.21 bits per heavy atom. The molecule has 0 spiro atoms. The lowest BCUT2D eigenvalue weighted by Gasteiger charge is -2.18. The molecule has 1 N–H and O–H groups in total. The highest BCUT2D eigenvalue weighted by Crippen LogP contribution is 2.25. The summed E-state index contributed by atoms with van der Waals surface area (Å²) in [6.45, 7) is 4.00. The lowest BCUT2D eigenvalue weighted by atomic mass is 10.0. The number of carbonyl (C=O) groups is 1. The number of hydrogen-bond donors (Lipinski definition) is 1. The van der Waals surface area contributed by atoms with Gasteiger partial charge in [-0.15, -0.1) is 10.2 Å². The van der Waals surface area contributed by atoms with Crippen LogP contribution < -0.4 is 5.32 Å². The van der Waals surface area contributed by atoms with Gasteiger partial charge in [0, 0.05) is 11.1 Å². The van der Waals surface area contributed by atoms with E-state index < -0.39 is 0 Å². The van der Waals surface area contributed by atoms with Gasteiger partial charge in [0.15, 0.2) is 0 Å². The molecule has 0 aliphatic rings. The maximum Gasteiger partial charge on any atom is 0.251 e. The highest BCUT2D eigenvalue weighted by atomic mass is 16.4. The monoisotopic (exact) mass is 321 g/mol. The number of carbonyl (C=O) groups excluding carboxylic acids is 1. The van der Waals surface area contributed by atoms with E-state index >= 15 is 0 Å². The average molecular weight is 321 g/mol. The average Bonchev–Trinajstić information content (AvgIpc) is 3.10. The van der Waals surface area contributed by atoms with Crippen LogP contribution in [0.25, 0.3) is 11.5 Å². The van der Waals surface area contributed by atoms with Crippen molar-refractivity contribution in [3.8, 4) is 11.5 Å². The molecule has 1 unspecified atom stereocenters. The summed E-state index contributed by atoms with van der Waals surface area (Å²) in [5, 5.41) is 11.2. The molecule has 0 aliphatic heterocycles. The van der Waals surface area contributed by atoms with Crippen LogP contribution in [0.3, 0.4) is 0 Å². The van der Waals surface area contributed by atoms with Crippen LogP contribution in [0, 0.1) is 5.92 Å². The summed E-state index contributed by atoms with van der Waals surface area (Å²) < 4.78 is 5.79. The molecule has 24 heavy (non-hydrogen) atoms. The van der Waals surface area contributed by atoms with E-state index in [-0.39, 0.29) is 17.9 Å². The summed E-state index contributed by atoms with van der Waals surface area (Å²) in [4.78, 5) is 12.4. The standard InChI is InChI=1S/C19H19N3O2/c1-13(2)16(20-17(23)14-9-5-3-6-10-14)19-22-21-18(24-19)15-11-7-4-8-12-15/h3-13,16H,1-2H3,(H,20,23). The largest absolute Gasteiger partial charge is 0.418 e. The quantitative estimate of drug-likeness (QED) is 0.774. The first-order valence-electron chi connectivity index (χ1n) is 7.90. The van der Waals surface area contributed by atoms with Gasteiger partial charge in [0.05, 0.1) is 0 Å². The molecule has 3 aromatic rings. The molecule has 0 aliphatic carbocycles. The van der Waals surface area contributed by atoms with Gasteiger partial charge in [0.25, 0.3) is 5.91 Å². The summed E-state index contributed by atoms with van der Waals surface area (Å²) in [6, 6.07) is 18.3. The molecule has 0 bridgehead atoms. The van der Waals surface area contributed by atoms with Gasteiger partial charge in [-0.3, -0.25) is 4.79 Å². The molecule has 2 aromatic carbocycles. The Balaban J connectivity index is 1.82. The van der Waals surface area contributed by atoms with Crippen LogP contribution in [0.2, 0.25) is 0 Å². The van der Waals surface area contributed by atoms with Crippen LogP contribution in [-0.4, -0.2) is 16.1 Å². The molecule has 1 amide bonds. The fraction of sp³-hybridized carbons (Fsp3) is 0.211. The molecular formula is C19H19N3O2. The maximum absolute atomic E-state index is 12.4. The van der Waals surface area contributed by atoms with Gasteiger partial charge in [-0.25, -0.2) is 0 Å². The smallest absolute Gasteiger partial charge is 0.251 e. The molecule has 0 saturated carbocycles. The first-order valence-corrected chi connectivity index (χ1v) is 7.90. The van der Waals surface area contributed by atoms with Gasteiger partial charge < -0.3 is 9.73 Å². The van der Waals surface area contributed by atoms with Crippen molar-refractivity contribution >= 4 is 5.91 Å². The summed E-state index contributed by atoms with van der Waals surface area (Å²) in [5.41, 5.74) is 1.46. The highest BCUT2D eigenvalue weighted by Gasteiger charge is 2.25. The minimum atomic E-state index is -0.345. The third-order valence-corrected chi connectivity index (χ3v) is 3.72. The lowest BCUT2D eigenvalue weighted by molar-refractivity contribution is 0.0916. The zero-order valence-corrected chi connectivity index (χ0v) is 13.6. The Bertz CT molecular complexity index is 798. The van der Waals surface area contributed by atoms with Crippen LogP contribution in [0.5, 0.6) is 0 Å². The molecule has 5 heteroatoms. The van der Waals surface area contributed by atoms with Crippen molar-refractivity contribution in [3.05, 3.63) is 72.1 Å². The van der Waals surface area contributed by atoms with Crippen LogP contribution in [0.15, 0.2) is 65.1 Å². The number of benzene rings is 2. The van der Waals surface area contributed by atoms with Gasteiger partial charge >= 0.3 is 0 Å². The van der Waals surface area contributed by atoms with E-state index in [1.807, 2.05) is 62.4 Å². The normalized spacial score (nSPS) is 12.1. The number of amides is 1. The Kier molecular flexibility index (Phi) is 4.70. The van der Waals surface area contributed by atoms with Crippen molar-refractivity contribution in [3.63, 3.8) is 0 Å². The Hall–Kier alpha value is -2.95. The molecule has 1 atom stereocenters. The molecule has 0 fully saturated rings. The molecule has 5 nitrogen and oxygen atoms in total. The van der Waals surface area contributed by atoms with Crippen LogP contribution >= 0.6 is 0 Å². The van der Waals surface area contributed by atoms with Gasteiger partial charge in [0.2, 0.25) is 11.8 Å². The lowest BCUT2D eigenvalue weighted by Crippen LogP contribution is -2.32. The molecule has 122 valence electrons. The van der Waals surface area contributed by atoms with Crippen LogP contribution in [0.1, 0.15) is 36.1 Å². The van der Waals surface area contributed by atoms with Gasteiger partial charge in [-0.1, -0.05) is 50.2 Å². The first-order chi connectivity index (χ1) is 11.6. The zero-order chi connectivity index (χ0) is 16.9. The Labute approximate surface area is 140 Å². The second kappa shape index (κ2) is 7.08. The fourth-order valence-corrected chi connectivity index (χ4v) is 2.39. The van der Waals surface area contributed by atoms with Gasteiger partial charge in [-0.2, -0.15) is 0 Å². The molecule has 1 heterocycles. The number of hydrogen-bond acceptors (Lipinski definition) is 4. The van der Waals surface area contributed by atoms with Gasteiger partial charge in [-0.05, 0) is 30.2 Å². The van der Waals surface area contributed by atoms with Crippen molar-refractivity contribution in [2.75, 3.05) is 0 Å². The second-order valence-electron chi connectivity index (χ2n) is 5.87. The third-order valence-electron chi connectivity index (χ3n) is 3.72. The van der Waals surface area contributed by atoms with Crippen molar-refractivity contribution in [2.24, 2.45) is 5.92 Å². The molecule has 0 saturated heterocycles. The first kappa shape index (κ1) is 15.9. The summed E-state index contributed by atoms with van der Waals surface area (Å²) in [5.74, 6) is 0.814. The topological polar surface area (TPSA) is 68.0 Å². The molecule has 1 aromatic heterocycles. The van der Waals surface area contributed by atoms with E-state index in [1.165, 1.54) is 0 Å². The number of rotatable bonds is 5. The van der Waals surface area contributed by atoms with E-state index in [1.54, 1.807) is 12.1 Å². The van der Waals surface area contributed by atoms with Crippen molar-refractivity contribution < 1.29 is 9.21 Å². The Morgan fingerprint density at radius 2 is 1.58 bits per heavy atom. The zero-order valence-electron chi connectivity index (χ0n) is 13.6. The third kappa shape index (κ3) is 3.51. The molecule has 3 rings (SSSR count). The number of nitrogens with zero attached hydrogens (tertiary/aromatic N) is 2. The van der Waals surface area contributed by atoms with E-state index in [2.05, 4.69) is 15.5 Å². The maximum atomic E-state index is 12.4. The summed E-state index contributed by atoms with van der Waals surface area (Å²) >= 11 is 0. The minimum Gasteiger partial charge on any atom is -0.418 e. The van der Waals surface area contributed by atoms with E-state index in [0.29, 0.717) is 17.3 Å². The SMILES string of the molecule is CC(C)C(NC(=O)c1ccccc1)c1nnc(-c2ccccc2)o1. The molecule has 0 radical (unpaired) electrons. The minimum absolute atomic E-state index is 0.113. The van der Waals surface area contributed by atoms with Crippen molar-refractivity contribution in [1.29, 1.82) is 0 Å². The molecular weight excluding hydrogens is 302 g/mol. The number of aromatic nitrogens is 2. The van der Waals surface area contributed by atoms with Crippen LogP contribution in [0.4, 0.5) is 0 Å². The summed E-state index contributed by atoms with van der Waals surface area (Å²) in [7, 11) is 0. The highest BCUT2D eigenvalue weighted by molar-refractivity contribution is 5.94. The van der Waals surface area contributed by atoms with Crippen molar-refractivity contribution in [1.82, 2.24) is 15.5 Å². The summed E-state index contributed by atoms with van der Waals surface area (Å²) in [6.07, 6.45) is 0. The fourth-order valence-electron chi connectivity index (χ4n) is 2.39. The van der Waals surface area contributed by atoms with E-state index in [0.717, 1.165) is 5.56 Å².